The first-order valence-electron chi connectivity index (χ1n) is 5.13. The minimum absolute atomic E-state index is 0.0906. The number of urea groups is 1. The predicted octanol–water partition coefficient (Wildman–Crippen LogP) is 2.51. The molecule has 0 spiro atoms. The maximum Gasteiger partial charge on any atom is 0.347 e. The van der Waals surface area contributed by atoms with Gasteiger partial charge in [0.2, 0.25) is 0 Å². The van der Waals surface area contributed by atoms with Gasteiger partial charge in [0, 0.05) is 5.69 Å². The molecule has 0 saturated heterocycles. The Labute approximate surface area is 108 Å². The standard InChI is InChI=1S/C12H10ClN3O2/c13-9-6-7-11(16(18)8-9)15-12(17)14-10-4-2-1-3-5-10/h1-8,18H,(H,14,17)/b15-11-. The molecule has 18 heavy (non-hydrogen) atoms. The summed E-state index contributed by atoms with van der Waals surface area (Å²) in [5.74, 6) is 0. The number of aromatic nitrogens is 1. The minimum Gasteiger partial charge on any atom is -0.427 e. The highest BCUT2D eigenvalue weighted by molar-refractivity contribution is 6.30. The maximum atomic E-state index is 11.6. The summed E-state index contributed by atoms with van der Waals surface area (Å²) in [6.07, 6.45) is 1.25. The molecule has 0 fully saturated rings. The Morgan fingerprint density at radius 1 is 1.22 bits per heavy atom. The Bertz CT molecular complexity index is 623. The lowest BCUT2D eigenvalue weighted by Crippen LogP contribution is -2.21. The van der Waals surface area contributed by atoms with Crippen molar-refractivity contribution >= 4 is 23.3 Å². The highest BCUT2D eigenvalue weighted by atomic mass is 35.5. The third kappa shape index (κ3) is 3.11. The second-order valence-corrected chi connectivity index (χ2v) is 3.89. The van der Waals surface area contributed by atoms with Gasteiger partial charge < -0.3 is 10.5 Å². The van der Waals surface area contributed by atoms with Crippen molar-refractivity contribution in [2.75, 3.05) is 5.32 Å². The number of hydrogen-bond acceptors (Lipinski definition) is 2. The lowest BCUT2D eigenvalue weighted by molar-refractivity contribution is 0.171. The van der Waals surface area contributed by atoms with Gasteiger partial charge in [-0.1, -0.05) is 29.8 Å². The lowest BCUT2D eigenvalue weighted by Gasteiger charge is -2.01. The molecule has 1 aromatic heterocycles. The molecule has 0 unspecified atom stereocenters. The van der Waals surface area contributed by atoms with E-state index in [0.717, 1.165) is 0 Å². The number of carbonyl (C=O) groups excluding carboxylic acids is 1. The number of para-hydroxylation sites is 1. The zero-order chi connectivity index (χ0) is 13.0. The molecule has 0 bridgehead atoms. The van der Waals surface area contributed by atoms with Crippen LogP contribution in [-0.2, 0) is 0 Å². The molecule has 2 N–H and O–H groups in total. The summed E-state index contributed by atoms with van der Waals surface area (Å²) in [5, 5.41) is 12.4. The molecule has 2 aromatic rings. The third-order valence-corrected chi connectivity index (χ3v) is 2.34. The number of rotatable bonds is 1. The smallest absolute Gasteiger partial charge is 0.347 e. The molecule has 2 amide bonds. The van der Waals surface area contributed by atoms with Crippen LogP contribution in [0.15, 0.2) is 53.7 Å². The van der Waals surface area contributed by atoms with E-state index in [0.29, 0.717) is 15.4 Å². The number of nitrogens with zero attached hydrogens (tertiary/aromatic N) is 2. The van der Waals surface area contributed by atoms with Crippen molar-refractivity contribution in [3.8, 4) is 0 Å². The Morgan fingerprint density at radius 3 is 2.61 bits per heavy atom. The van der Waals surface area contributed by atoms with Crippen LogP contribution in [0.25, 0.3) is 0 Å². The van der Waals surface area contributed by atoms with Crippen LogP contribution in [-0.4, -0.2) is 16.0 Å². The number of anilines is 1. The average molecular weight is 264 g/mol. The number of amides is 2. The number of carbonyl (C=O) groups is 1. The van der Waals surface area contributed by atoms with Crippen LogP contribution >= 0.6 is 11.6 Å². The SMILES string of the molecule is O=C(/N=c1/ccc(Cl)cn1O)Nc1ccccc1. The third-order valence-electron chi connectivity index (χ3n) is 2.11. The van der Waals surface area contributed by atoms with Gasteiger partial charge in [0.05, 0.1) is 11.2 Å². The Morgan fingerprint density at radius 2 is 1.94 bits per heavy atom. The summed E-state index contributed by atoms with van der Waals surface area (Å²) in [6.45, 7) is 0. The maximum absolute atomic E-state index is 11.6. The van der Waals surface area contributed by atoms with Crippen molar-refractivity contribution in [2.24, 2.45) is 4.99 Å². The molecule has 0 saturated carbocycles. The normalized spacial score (nSPS) is 11.3. The molecule has 0 aliphatic heterocycles. The molecule has 92 valence electrons. The van der Waals surface area contributed by atoms with Gasteiger partial charge >= 0.3 is 6.03 Å². The summed E-state index contributed by atoms with van der Waals surface area (Å²) >= 11 is 5.66. The van der Waals surface area contributed by atoms with Gasteiger partial charge in [0.1, 0.15) is 0 Å². The summed E-state index contributed by atoms with van der Waals surface area (Å²) in [5.41, 5.74) is 0.720. The lowest BCUT2D eigenvalue weighted by atomic mass is 10.3. The molecule has 5 nitrogen and oxygen atoms in total. The molecule has 2 rings (SSSR count). The van der Waals surface area contributed by atoms with Crippen molar-refractivity contribution in [1.82, 2.24) is 4.73 Å². The highest BCUT2D eigenvalue weighted by Crippen LogP contribution is 2.05. The van der Waals surface area contributed by atoms with Gasteiger partial charge in [-0.25, -0.2) is 4.79 Å². The summed E-state index contributed by atoms with van der Waals surface area (Å²) in [7, 11) is 0. The van der Waals surface area contributed by atoms with Gasteiger partial charge in [0.15, 0.2) is 5.49 Å². The molecule has 0 radical (unpaired) electrons. The van der Waals surface area contributed by atoms with Crippen molar-refractivity contribution in [1.29, 1.82) is 0 Å². The van der Waals surface area contributed by atoms with E-state index in [-0.39, 0.29) is 5.49 Å². The second-order valence-electron chi connectivity index (χ2n) is 3.46. The molecule has 6 heteroatoms. The monoisotopic (exact) mass is 263 g/mol. The first kappa shape index (κ1) is 12.2. The quantitative estimate of drug-likeness (QED) is 0.777. The first-order valence-corrected chi connectivity index (χ1v) is 5.51. The molecule has 0 aliphatic rings. The van der Waals surface area contributed by atoms with Crippen LogP contribution < -0.4 is 10.8 Å². The van der Waals surface area contributed by atoms with Crippen molar-refractivity contribution in [3.05, 3.63) is 59.2 Å². The summed E-state index contributed by atoms with van der Waals surface area (Å²) in [6, 6.07) is 11.3. The molecule has 1 heterocycles. The summed E-state index contributed by atoms with van der Waals surface area (Å²) < 4.78 is 0.687. The first-order chi connectivity index (χ1) is 8.65. The van der Waals surface area contributed by atoms with Crippen LogP contribution in [0.1, 0.15) is 0 Å². The van der Waals surface area contributed by atoms with Crippen LogP contribution in [0.3, 0.4) is 0 Å². The van der Waals surface area contributed by atoms with Gasteiger partial charge in [-0.05, 0) is 24.3 Å². The molecule has 0 aliphatic carbocycles. The molecular formula is C12H10ClN3O2. The molecule has 0 atom stereocenters. The fraction of sp³-hybridized carbons (Fsp3) is 0. The van der Waals surface area contributed by atoms with Gasteiger partial charge in [-0.2, -0.15) is 9.72 Å². The topological polar surface area (TPSA) is 66.6 Å². The van der Waals surface area contributed by atoms with E-state index in [1.807, 2.05) is 6.07 Å². The van der Waals surface area contributed by atoms with Crippen molar-refractivity contribution < 1.29 is 10.0 Å². The second kappa shape index (κ2) is 5.37. The number of nitrogens with one attached hydrogen (secondary N) is 1. The largest absolute Gasteiger partial charge is 0.427 e. The Kier molecular flexibility index (Phi) is 3.64. The summed E-state index contributed by atoms with van der Waals surface area (Å²) in [4.78, 5) is 15.3. The van der Waals surface area contributed by atoms with E-state index < -0.39 is 6.03 Å². The zero-order valence-corrected chi connectivity index (χ0v) is 10.0. The van der Waals surface area contributed by atoms with Crippen LogP contribution in [0.2, 0.25) is 5.02 Å². The number of benzene rings is 1. The van der Waals surface area contributed by atoms with E-state index >= 15 is 0 Å². The molecular weight excluding hydrogens is 254 g/mol. The fourth-order valence-corrected chi connectivity index (χ4v) is 1.48. The average Bonchev–Trinajstić information content (AvgIpc) is 2.34. The zero-order valence-electron chi connectivity index (χ0n) is 9.25. The van der Waals surface area contributed by atoms with Crippen molar-refractivity contribution in [2.45, 2.75) is 0 Å². The van der Waals surface area contributed by atoms with E-state index in [9.17, 15) is 10.0 Å². The fourth-order valence-electron chi connectivity index (χ4n) is 1.32. The Balaban J connectivity index is 2.20. The minimum atomic E-state index is -0.577. The van der Waals surface area contributed by atoms with Crippen molar-refractivity contribution in [3.63, 3.8) is 0 Å². The highest BCUT2D eigenvalue weighted by Gasteiger charge is 2.00. The number of halogens is 1. The van der Waals surface area contributed by atoms with Gasteiger partial charge in [0.25, 0.3) is 0 Å². The van der Waals surface area contributed by atoms with E-state index in [4.69, 9.17) is 11.6 Å². The number of pyridine rings is 1. The van der Waals surface area contributed by atoms with E-state index in [1.165, 1.54) is 18.3 Å². The van der Waals surface area contributed by atoms with E-state index in [2.05, 4.69) is 10.3 Å². The predicted molar refractivity (Wildman–Crippen MR) is 67.7 cm³/mol. The Hall–Kier alpha value is -2.27. The van der Waals surface area contributed by atoms with Gasteiger partial charge in [-0.3, -0.25) is 0 Å². The van der Waals surface area contributed by atoms with Crippen LogP contribution in [0, 0.1) is 0 Å². The van der Waals surface area contributed by atoms with Crippen LogP contribution in [0.4, 0.5) is 10.5 Å². The van der Waals surface area contributed by atoms with E-state index in [1.54, 1.807) is 24.3 Å². The molecule has 1 aromatic carbocycles. The number of hydrogen-bond donors (Lipinski definition) is 2. The van der Waals surface area contributed by atoms with Crippen LogP contribution in [0.5, 0.6) is 0 Å². The van der Waals surface area contributed by atoms with Gasteiger partial charge in [-0.15, -0.1) is 0 Å².